The number of rotatable bonds is 4. The zero-order valence-corrected chi connectivity index (χ0v) is 12.7. The lowest BCUT2D eigenvalue weighted by Gasteiger charge is -2.28. The summed E-state index contributed by atoms with van der Waals surface area (Å²) in [4.78, 5) is 25.0. The molecule has 0 aromatic heterocycles. The third kappa shape index (κ3) is 4.10. The van der Waals surface area contributed by atoms with Crippen LogP contribution in [0.25, 0.3) is 0 Å². The Bertz CT molecular complexity index is 376. The van der Waals surface area contributed by atoms with Crippen molar-refractivity contribution in [1.29, 1.82) is 0 Å². The van der Waals surface area contributed by atoms with Crippen molar-refractivity contribution < 1.29 is 24.5 Å². The molecule has 0 radical (unpaired) electrons. The van der Waals surface area contributed by atoms with Crippen molar-refractivity contribution in [2.75, 3.05) is 19.7 Å². The van der Waals surface area contributed by atoms with Gasteiger partial charge in [0, 0.05) is 19.7 Å². The van der Waals surface area contributed by atoms with Crippen molar-refractivity contribution in [3.63, 3.8) is 0 Å². The van der Waals surface area contributed by atoms with Gasteiger partial charge in [0.25, 0.3) is 0 Å². The molecule has 0 spiro atoms. The van der Waals surface area contributed by atoms with Gasteiger partial charge in [-0.3, -0.25) is 4.79 Å². The van der Waals surface area contributed by atoms with Gasteiger partial charge >= 0.3 is 12.1 Å². The standard InChI is InChI=1S/C14H25NO5/c1-10(8-16)7-14(11(17)18)5-6-15(9-14)12(19)20-13(2,3)4/h10,16H,5-9H2,1-4H3,(H,17,18). The van der Waals surface area contributed by atoms with Crippen molar-refractivity contribution in [3.05, 3.63) is 0 Å². The smallest absolute Gasteiger partial charge is 0.410 e. The summed E-state index contributed by atoms with van der Waals surface area (Å²) >= 11 is 0. The molecule has 0 bridgehead atoms. The SMILES string of the molecule is CC(CO)CC1(C(=O)O)CCN(C(=O)OC(C)(C)C)C1. The van der Waals surface area contributed by atoms with Crippen LogP contribution < -0.4 is 0 Å². The zero-order chi connectivity index (χ0) is 15.6. The number of aliphatic carboxylic acids is 1. The third-order valence-electron chi connectivity index (χ3n) is 3.51. The number of likely N-dealkylation sites (tertiary alicyclic amines) is 1. The Labute approximate surface area is 119 Å². The number of aliphatic hydroxyl groups excluding tert-OH is 1. The van der Waals surface area contributed by atoms with Crippen LogP contribution in [0.2, 0.25) is 0 Å². The third-order valence-corrected chi connectivity index (χ3v) is 3.51. The highest BCUT2D eigenvalue weighted by molar-refractivity contribution is 5.78. The van der Waals surface area contributed by atoms with Crippen LogP contribution in [0, 0.1) is 11.3 Å². The Balaban J connectivity index is 2.75. The molecular formula is C14H25NO5. The highest BCUT2D eigenvalue weighted by Crippen LogP contribution is 2.37. The van der Waals surface area contributed by atoms with Crippen molar-refractivity contribution in [3.8, 4) is 0 Å². The predicted octanol–water partition coefficient (Wildman–Crippen LogP) is 1.72. The van der Waals surface area contributed by atoms with Crippen LogP contribution in [0.3, 0.4) is 0 Å². The molecule has 2 unspecified atom stereocenters. The molecule has 0 aliphatic carbocycles. The number of nitrogens with zero attached hydrogens (tertiary/aromatic N) is 1. The van der Waals surface area contributed by atoms with Gasteiger partial charge in [-0.2, -0.15) is 0 Å². The van der Waals surface area contributed by atoms with E-state index in [-0.39, 0.29) is 19.1 Å². The fourth-order valence-electron chi connectivity index (χ4n) is 2.51. The minimum atomic E-state index is -0.973. The Morgan fingerprint density at radius 2 is 2.00 bits per heavy atom. The monoisotopic (exact) mass is 287 g/mol. The predicted molar refractivity (Wildman–Crippen MR) is 73.4 cm³/mol. The number of ether oxygens (including phenoxy) is 1. The van der Waals surface area contributed by atoms with E-state index in [2.05, 4.69) is 0 Å². The molecular weight excluding hydrogens is 262 g/mol. The fraction of sp³-hybridized carbons (Fsp3) is 0.857. The number of hydrogen-bond acceptors (Lipinski definition) is 4. The van der Waals surface area contributed by atoms with Gasteiger partial charge in [0.2, 0.25) is 0 Å². The average molecular weight is 287 g/mol. The molecule has 1 rings (SSSR count). The van der Waals surface area contributed by atoms with Crippen LogP contribution in [0.15, 0.2) is 0 Å². The van der Waals surface area contributed by atoms with E-state index < -0.39 is 23.1 Å². The highest BCUT2D eigenvalue weighted by atomic mass is 16.6. The minimum Gasteiger partial charge on any atom is -0.481 e. The van der Waals surface area contributed by atoms with Gasteiger partial charge in [0.1, 0.15) is 5.60 Å². The largest absolute Gasteiger partial charge is 0.481 e. The second-order valence-electron chi connectivity index (χ2n) is 6.73. The van der Waals surface area contributed by atoms with E-state index >= 15 is 0 Å². The lowest BCUT2D eigenvalue weighted by atomic mass is 9.79. The Morgan fingerprint density at radius 3 is 2.45 bits per heavy atom. The Hall–Kier alpha value is -1.30. The molecule has 1 aliphatic heterocycles. The first-order valence-electron chi connectivity index (χ1n) is 6.92. The number of aliphatic hydroxyl groups is 1. The molecule has 6 nitrogen and oxygen atoms in total. The van der Waals surface area contributed by atoms with Gasteiger partial charge in [-0.15, -0.1) is 0 Å². The van der Waals surface area contributed by atoms with Gasteiger partial charge in [-0.25, -0.2) is 4.79 Å². The molecule has 1 fully saturated rings. The lowest BCUT2D eigenvalue weighted by Crippen LogP contribution is -2.40. The molecule has 2 atom stereocenters. The highest BCUT2D eigenvalue weighted by Gasteiger charge is 2.47. The molecule has 0 saturated carbocycles. The minimum absolute atomic E-state index is 0.0541. The number of carboxylic acid groups (broad SMARTS) is 1. The van der Waals surface area contributed by atoms with Gasteiger partial charge in [0.15, 0.2) is 0 Å². The van der Waals surface area contributed by atoms with E-state index in [1.165, 1.54) is 4.90 Å². The summed E-state index contributed by atoms with van der Waals surface area (Å²) in [5.74, 6) is -1.02. The van der Waals surface area contributed by atoms with E-state index in [0.717, 1.165) is 0 Å². The molecule has 0 aromatic carbocycles. The van der Waals surface area contributed by atoms with Crippen molar-refractivity contribution in [2.45, 2.75) is 46.1 Å². The zero-order valence-electron chi connectivity index (χ0n) is 12.7. The molecule has 1 heterocycles. The van der Waals surface area contributed by atoms with Crippen molar-refractivity contribution in [1.82, 2.24) is 4.90 Å². The van der Waals surface area contributed by atoms with E-state index in [1.54, 1.807) is 27.7 Å². The fourth-order valence-corrected chi connectivity index (χ4v) is 2.51. The summed E-state index contributed by atoms with van der Waals surface area (Å²) in [6, 6.07) is 0. The van der Waals surface area contributed by atoms with E-state index in [9.17, 15) is 14.7 Å². The van der Waals surface area contributed by atoms with E-state index in [1.807, 2.05) is 0 Å². The molecule has 2 N–H and O–H groups in total. The number of carboxylic acids is 1. The molecule has 1 aliphatic rings. The summed E-state index contributed by atoms with van der Waals surface area (Å²) in [5.41, 5.74) is -1.57. The van der Waals surface area contributed by atoms with Crippen molar-refractivity contribution in [2.24, 2.45) is 11.3 Å². The molecule has 1 amide bonds. The van der Waals surface area contributed by atoms with E-state index in [4.69, 9.17) is 9.84 Å². The van der Waals surface area contributed by atoms with Crippen LogP contribution in [-0.4, -0.2) is 52.5 Å². The van der Waals surface area contributed by atoms with Crippen LogP contribution in [0.1, 0.15) is 40.5 Å². The second kappa shape index (κ2) is 5.99. The maximum atomic E-state index is 12.0. The first-order valence-corrected chi connectivity index (χ1v) is 6.92. The summed E-state index contributed by atoms with van der Waals surface area (Å²) in [5, 5.41) is 18.6. The lowest BCUT2D eigenvalue weighted by molar-refractivity contribution is -0.149. The first kappa shape index (κ1) is 16.8. The summed E-state index contributed by atoms with van der Waals surface area (Å²) < 4.78 is 5.27. The van der Waals surface area contributed by atoms with Crippen LogP contribution >= 0.6 is 0 Å². The normalized spacial score (nSPS) is 24.6. The number of carbonyl (C=O) groups excluding carboxylic acids is 1. The topological polar surface area (TPSA) is 87.1 Å². The number of hydrogen-bond donors (Lipinski definition) is 2. The Morgan fingerprint density at radius 1 is 1.40 bits per heavy atom. The summed E-state index contributed by atoms with van der Waals surface area (Å²) in [7, 11) is 0. The van der Waals surface area contributed by atoms with Gasteiger partial charge in [0.05, 0.1) is 5.41 Å². The quantitative estimate of drug-likeness (QED) is 0.822. The summed E-state index contributed by atoms with van der Waals surface area (Å²) in [6.07, 6.45) is 0.279. The Kier molecular flexibility index (Phi) is 5.02. The number of amides is 1. The summed E-state index contributed by atoms with van der Waals surface area (Å²) in [6.45, 7) is 7.60. The molecule has 1 saturated heterocycles. The second-order valence-corrected chi connectivity index (χ2v) is 6.73. The maximum absolute atomic E-state index is 12.0. The molecule has 6 heteroatoms. The van der Waals surface area contributed by atoms with E-state index in [0.29, 0.717) is 19.4 Å². The van der Waals surface area contributed by atoms with Gasteiger partial charge in [-0.1, -0.05) is 6.92 Å². The molecule has 20 heavy (non-hydrogen) atoms. The van der Waals surface area contributed by atoms with Gasteiger partial charge < -0.3 is 19.8 Å². The van der Waals surface area contributed by atoms with Gasteiger partial charge in [-0.05, 0) is 39.5 Å². The maximum Gasteiger partial charge on any atom is 0.410 e. The van der Waals surface area contributed by atoms with Crippen LogP contribution in [0.5, 0.6) is 0 Å². The molecule has 116 valence electrons. The van der Waals surface area contributed by atoms with Crippen LogP contribution in [0.4, 0.5) is 4.79 Å². The van der Waals surface area contributed by atoms with Crippen LogP contribution in [-0.2, 0) is 9.53 Å². The average Bonchev–Trinajstić information content (AvgIpc) is 2.72. The first-order chi connectivity index (χ1) is 9.09. The molecule has 0 aromatic rings. The number of carbonyl (C=O) groups is 2. The van der Waals surface area contributed by atoms with Crippen molar-refractivity contribution >= 4 is 12.1 Å².